The maximum Gasteiger partial charge on any atom is 0.250 e. The first-order chi connectivity index (χ1) is 9.29. The molecular formula is C15H25N3O. The van der Waals surface area contributed by atoms with Crippen molar-refractivity contribution in [3.63, 3.8) is 0 Å². The molecule has 2 heterocycles. The average molecular weight is 263 g/mol. The Bertz CT molecular complexity index is 423. The van der Waals surface area contributed by atoms with Crippen LogP contribution in [-0.2, 0) is 6.54 Å². The van der Waals surface area contributed by atoms with E-state index in [1.807, 2.05) is 12.3 Å². The summed E-state index contributed by atoms with van der Waals surface area (Å²) in [4.78, 5) is 14.1. The van der Waals surface area contributed by atoms with Gasteiger partial charge in [-0.2, -0.15) is 0 Å². The van der Waals surface area contributed by atoms with Crippen LogP contribution in [0.4, 0.5) is 0 Å². The Hall–Kier alpha value is -1.13. The molecule has 0 aliphatic carbocycles. The van der Waals surface area contributed by atoms with E-state index in [0.29, 0.717) is 6.04 Å². The van der Waals surface area contributed by atoms with Crippen molar-refractivity contribution >= 4 is 0 Å². The fourth-order valence-corrected chi connectivity index (χ4v) is 2.73. The van der Waals surface area contributed by atoms with Crippen LogP contribution < -0.4 is 10.9 Å². The number of nitrogens with zero attached hydrogens (tertiary/aromatic N) is 2. The number of rotatable bonds is 7. The molecule has 0 saturated carbocycles. The maximum absolute atomic E-state index is 11.7. The molecule has 2 rings (SSSR count). The van der Waals surface area contributed by atoms with Gasteiger partial charge in [-0.15, -0.1) is 0 Å². The molecular weight excluding hydrogens is 238 g/mol. The first kappa shape index (κ1) is 14.3. The fraction of sp³-hybridized carbons (Fsp3) is 0.667. The molecule has 1 aromatic heterocycles. The van der Waals surface area contributed by atoms with Crippen LogP contribution in [0, 0.1) is 0 Å². The molecule has 1 unspecified atom stereocenters. The Morgan fingerprint density at radius 3 is 3.00 bits per heavy atom. The SMILES string of the molecule is CCCN(CCn1ccccc1=O)CC1CCCN1. The van der Waals surface area contributed by atoms with Crippen molar-refractivity contribution in [2.75, 3.05) is 26.2 Å². The van der Waals surface area contributed by atoms with E-state index >= 15 is 0 Å². The van der Waals surface area contributed by atoms with E-state index in [0.717, 1.165) is 39.1 Å². The second kappa shape index (κ2) is 7.46. The van der Waals surface area contributed by atoms with Gasteiger partial charge in [-0.1, -0.05) is 13.0 Å². The number of pyridine rings is 1. The van der Waals surface area contributed by atoms with Crippen LogP contribution in [0.2, 0.25) is 0 Å². The van der Waals surface area contributed by atoms with Gasteiger partial charge in [-0.25, -0.2) is 0 Å². The predicted octanol–water partition coefficient (Wildman–Crippen LogP) is 1.31. The maximum atomic E-state index is 11.7. The number of aromatic nitrogens is 1. The molecule has 0 bridgehead atoms. The summed E-state index contributed by atoms with van der Waals surface area (Å²) in [5, 5.41) is 3.54. The van der Waals surface area contributed by atoms with E-state index in [1.54, 1.807) is 16.7 Å². The molecule has 0 amide bonds. The lowest BCUT2D eigenvalue weighted by Gasteiger charge is -2.25. The van der Waals surface area contributed by atoms with E-state index in [2.05, 4.69) is 17.1 Å². The van der Waals surface area contributed by atoms with Gasteiger partial charge < -0.3 is 14.8 Å². The van der Waals surface area contributed by atoms with Crippen molar-refractivity contribution in [3.05, 3.63) is 34.7 Å². The van der Waals surface area contributed by atoms with Gasteiger partial charge >= 0.3 is 0 Å². The van der Waals surface area contributed by atoms with Gasteiger partial charge in [0.1, 0.15) is 0 Å². The smallest absolute Gasteiger partial charge is 0.250 e. The average Bonchev–Trinajstić information content (AvgIpc) is 2.91. The Labute approximate surface area is 115 Å². The van der Waals surface area contributed by atoms with E-state index < -0.39 is 0 Å². The molecule has 0 radical (unpaired) electrons. The van der Waals surface area contributed by atoms with Crippen LogP contribution in [0.1, 0.15) is 26.2 Å². The Kier molecular flexibility index (Phi) is 5.61. The van der Waals surface area contributed by atoms with Gasteiger partial charge in [0.25, 0.3) is 5.56 Å². The molecule has 106 valence electrons. The van der Waals surface area contributed by atoms with Crippen LogP contribution in [0.25, 0.3) is 0 Å². The summed E-state index contributed by atoms with van der Waals surface area (Å²) in [6, 6.07) is 5.98. The monoisotopic (exact) mass is 263 g/mol. The number of hydrogen-bond acceptors (Lipinski definition) is 3. The summed E-state index contributed by atoms with van der Waals surface area (Å²) in [5.41, 5.74) is 0.0953. The molecule has 4 heteroatoms. The minimum atomic E-state index is 0.0953. The van der Waals surface area contributed by atoms with Crippen molar-refractivity contribution in [2.24, 2.45) is 0 Å². The van der Waals surface area contributed by atoms with Crippen LogP contribution in [0.3, 0.4) is 0 Å². The van der Waals surface area contributed by atoms with Crippen LogP contribution >= 0.6 is 0 Å². The van der Waals surface area contributed by atoms with Crippen LogP contribution in [0.5, 0.6) is 0 Å². The summed E-state index contributed by atoms with van der Waals surface area (Å²) in [7, 11) is 0. The predicted molar refractivity (Wildman–Crippen MR) is 78.5 cm³/mol. The van der Waals surface area contributed by atoms with Crippen LogP contribution in [-0.4, -0.2) is 41.7 Å². The number of hydrogen-bond donors (Lipinski definition) is 1. The molecule has 1 aliphatic rings. The highest BCUT2D eigenvalue weighted by atomic mass is 16.1. The zero-order valence-electron chi connectivity index (χ0n) is 11.8. The number of nitrogens with one attached hydrogen (secondary N) is 1. The quantitative estimate of drug-likeness (QED) is 0.806. The summed E-state index contributed by atoms with van der Waals surface area (Å²) in [6.45, 7) is 7.32. The van der Waals surface area contributed by atoms with Gasteiger partial charge in [0.15, 0.2) is 0 Å². The summed E-state index contributed by atoms with van der Waals surface area (Å²) < 4.78 is 1.80. The lowest BCUT2D eigenvalue weighted by Crippen LogP contribution is -2.40. The Morgan fingerprint density at radius 2 is 2.32 bits per heavy atom. The first-order valence-corrected chi connectivity index (χ1v) is 7.41. The lowest BCUT2D eigenvalue weighted by atomic mass is 10.2. The molecule has 19 heavy (non-hydrogen) atoms. The topological polar surface area (TPSA) is 37.3 Å². The fourth-order valence-electron chi connectivity index (χ4n) is 2.73. The first-order valence-electron chi connectivity index (χ1n) is 7.41. The molecule has 1 fully saturated rings. The largest absolute Gasteiger partial charge is 0.314 e. The second-order valence-electron chi connectivity index (χ2n) is 5.33. The van der Waals surface area contributed by atoms with E-state index in [4.69, 9.17) is 0 Å². The zero-order valence-corrected chi connectivity index (χ0v) is 11.8. The third-order valence-corrected chi connectivity index (χ3v) is 3.74. The minimum absolute atomic E-state index is 0.0953. The highest BCUT2D eigenvalue weighted by molar-refractivity contribution is 4.93. The Morgan fingerprint density at radius 1 is 1.42 bits per heavy atom. The highest BCUT2D eigenvalue weighted by Crippen LogP contribution is 2.07. The molecule has 1 atom stereocenters. The summed E-state index contributed by atoms with van der Waals surface area (Å²) in [6.07, 6.45) is 5.62. The van der Waals surface area contributed by atoms with Gasteiger partial charge in [0, 0.05) is 37.9 Å². The van der Waals surface area contributed by atoms with Crippen molar-refractivity contribution < 1.29 is 0 Å². The van der Waals surface area contributed by atoms with Gasteiger partial charge in [0.05, 0.1) is 0 Å². The zero-order chi connectivity index (χ0) is 13.5. The molecule has 0 aromatic carbocycles. The third kappa shape index (κ3) is 4.48. The van der Waals surface area contributed by atoms with Crippen molar-refractivity contribution in [1.29, 1.82) is 0 Å². The molecule has 1 aromatic rings. The second-order valence-corrected chi connectivity index (χ2v) is 5.33. The standard InChI is InChI=1S/C15H25N3O/c1-2-9-17(13-14-6-5-8-16-14)11-12-18-10-4-3-7-15(18)19/h3-4,7,10,14,16H,2,5-6,8-9,11-13H2,1H3. The van der Waals surface area contributed by atoms with Crippen LogP contribution in [0.15, 0.2) is 29.2 Å². The van der Waals surface area contributed by atoms with E-state index in [9.17, 15) is 4.79 Å². The van der Waals surface area contributed by atoms with Gasteiger partial charge in [-0.05, 0) is 38.4 Å². The molecule has 1 N–H and O–H groups in total. The highest BCUT2D eigenvalue weighted by Gasteiger charge is 2.17. The van der Waals surface area contributed by atoms with E-state index in [1.165, 1.54) is 12.8 Å². The van der Waals surface area contributed by atoms with E-state index in [-0.39, 0.29) is 5.56 Å². The lowest BCUT2D eigenvalue weighted by molar-refractivity contribution is 0.239. The molecule has 4 nitrogen and oxygen atoms in total. The molecule has 1 aliphatic heterocycles. The summed E-state index contributed by atoms with van der Waals surface area (Å²) in [5.74, 6) is 0. The molecule has 0 spiro atoms. The Balaban J connectivity index is 1.85. The van der Waals surface area contributed by atoms with Gasteiger partial charge in [0.2, 0.25) is 0 Å². The third-order valence-electron chi connectivity index (χ3n) is 3.74. The van der Waals surface area contributed by atoms with Gasteiger partial charge in [-0.3, -0.25) is 4.79 Å². The van der Waals surface area contributed by atoms with Crippen molar-refractivity contribution in [2.45, 2.75) is 38.8 Å². The normalized spacial score (nSPS) is 19.2. The van der Waals surface area contributed by atoms with Crippen molar-refractivity contribution in [1.82, 2.24) is 14.8 Å². The molecule has 1 saturated heterocycles. The minimum Gasteiger partial charge on any atom is -0.314 e. The van der Waals surface area contributed by atoms with Crippen molar-refractivity contribution in [3.8, 4) is 0 Å². The summed E-state index contributed by atoms with van der Waals surface area (Å²) >= 11 is 0.